The maximum Gasteiger partial charge on any atom is 0.161 e. The predicted octanol–water partition coefficient (Wildman–Crippen LogP) is 15.1. The lowest BCUT2D eigenvalue weighted by molar-refractivity contribution is 0.374. The number of ether oxygens (including phenoxy) is 1. The Morgan fingerprint density at radius 2 is 0.778 bits per heavy atom. The highest BCUT2D eigenvalue weighted by molar-refractivity contribution is 5.89. The third kappa shape index (κ3) is 14.8. The third-order valence-electron chi connectivity index (χ3n) is 14.4. The molecule has 0 aliphatic heterocycles. The summed E-state index contributed by atoms with van der Waals surface area (Å²) < 4.78 is 4.96. The Balaban J connectivity index is 0.000000122. The van der Waals surface area contributed by atoms with Crippen LogP contribution in [0.2, 0.25) is 0 Å². The summed E-state index contributed by atoms with van der Waals surface area (Å²) in [4.78, 5) is 24.1. The monoisotopic (exact) mass is 1210 g/mol. The van der Waals surface area contributed by atoms with Crippen molar-refractivity contribution in [1.29, 1.82) is 0 Å². The molecule has 16 rings (SSSR count). The van der Waals surface area contributed by atoms with E-state index >= 15 is 0 Å². The molecule has 0 amide bonds. The quantitative estimate of drug-likeness (QED) is 0.0680. The Labute approximate surface area is 511 Å². The largest absolute Gasteiger partial charge is 0.508 e. The minimum atomic E-state index is -0.0973. The number of rotatable bonds is 1. The van der Waals surface area contributed by atoms with E-state index in [0.717, 1.165) is 110 Å². The lowest BCUT2D eigenvalue weighted by Gasteiger charge is -2.02. The van der Waals surface area contributed by atoms with Gasteiger partial charge in [0.2, 0.25) is 0 Å². The van der Waals surface area contributed by atoms with Crippen molar-refractivity contribution in [3.63, 3.8) is 0 Å². The second-order valence-corrected chi connectivity index (χ2v) is 20.7. The highest BCUT2D eigenvalue weighted by Gasteiger charge is 2.10. The van der Waals surface area contributed by atoms with Gasteiger partial charge in [0.05, 0.1) is 7.11 Å². The fraction of sp³-hybridized carbons (Fsp3) is 0.0725. The van der Waals surface area contributed by atoms with Crippen LogP contribution in [0.25, 0.3) is 87.2 Å². The van der Waals surface area contributed by atoms with Crippen LogP contribution in [0.4, 0.5) is 0 Å². The van der Waals surface area contributed by atoms with Gasteiger partial charge in [-0.05, 0) is 153 Å². The number of phenolic OH excluding ortho intramolecular Hbond substituents is 12. The van der Waals surface area contributed by atoms with Gasteiger partial charge in [0.15, 0.2) is 57.5 Å². The number of H-pyrrole nitrogens is 8. The summed E-state index contributed by atoms with van der Waals surface area (Å²) in [7, 11) is 1.54. The number of hydrogen-bond donors (Lipinski definition) is 20. The van der Waals surface area contributed by atoms with Crippen LogP contribution in [-0.4, -0.2) is 108 Å². The molecule has 0 spiro atoms. The first-order chi connectivity index (χ1) is 43.1. The van der Waals surface area contributed by atoms with E-state index in [1.165, 1.54) is 43.5 Å². The van der Waals surface area contributed by atoms with E-state index in [2.05, 4.69) is 39.9 Å². The number of methoxy groups -OCH3 is 1. The zero-order valence-corrected chi connectivity index (χ0v) is 49.2. The van der Waals surface area contributed by atoms with Crippen molar-refractivity contribution in [2.75, 3.05) is 7.11 Å². The molecular formula is C69H66N8O13. The van der Waals surface area contributed by atoms with Crippen molar-refractivity contribution in [2.45, 2.75) is 27.7 Å². The maximum absolute atomic E-state index is 9.38. The van der Waals surface area contributed by atoms with Crippen LogP contribution in [0.5, 0.6) is 74.7 Å². The standard InChI is InChI=1S/C10H11NO2.3C9H9NO2.C8H7NO2.3C8H7NO/c1-5-6(2)11-8-4-10(13)9(12)3-7(5)8;1-5-4-10-7-3-9(12)8(11)2-6(5)7;1-5-2-6-3-8(11)9(12)4-7(6)10-5;1-12-9-4-6-2-3-10-7(6)5-8(9)11;10-7-3-5-1-2-9-6(5)4-8(7)11;10-7-1-2-8-6(5-7)3-4-9-8;10-7-2-1-6-3-4-9-8(6)5-7;10-8-3-1-2-7-6(8)4-5-9-7/h3-4,11-13H,1-2H3;2*2-4,10-12H,1H3;2-5,10-11H,1H3;1-4,9-11H;3*1-5,9-10H. The molecular weight excluding hydrogens is 1150 g/mol. The molecule has 21 heteroatoms. The lowest BCUT2D eigenvalue weighted by Crippen LogP contribution is -1.82. The molecule has 0 fully saturated rings. The average molecular weight is 1220 g/mol. The van der Waals surface area contributed by atoms with E-state index in [-0.39, 0.29) is 51.7 Å². The number of hydrogen-bond acceptors (Lipinski definition) is 13. The first kappa shape index (κ1) is 62.0. The van der Waals surface area contributed by atoms with Gasteiger partial charge in [0.1, 0.15) is 17.2 Å². The third-order valence-corrected chi connectivity index (χ3v) is 14.4. The molecule has 0 aliphatic carbocycles. The highest BCUT2D eigenvalue weighted by atomic mass is 16.5. The van der Waals surface area contributed by atoms with Crippen LogP contribution in [-0.2, 0) is 0 Å². The molecule has 0 atom stereocenters. The minimum absolute atomic E-state index is 0.0744. The molecule has 0 saturated carbocycles. The van der Waals surface area contributed by atoms with Crippen LogP contribution < -0.4 is 4.74 Å². The molecule has 8 heterocycles. The smallest absolute Gasteiger partial charge is 0.161 e. The molecule has 20 N–H and O–H groups in total. The second-order valence-electron chi connectivity index (χ2n) is 20.7. The topological polar surface area (TPSA) is 378 Å². The fourth-order valence-electron chi connectivity index (χ4n) is 9.53. The average Bonchev–Trinajstić information content (AvgIpc) is 1.88. The first-order valence-electron chi connectivity index (χ1n) is 27.7. The van der Waals surface area contributed by atoms with Crippen LogP contribution in [0.1, 0.15) is 22.5 Å². The maximum atomic E-state index is 9.38. The molecule has 0 aliphatic rings. The van der Waals surface area contributed by atoms with Crippen molar-refractivity contribution in [2.24, 2.45) is 0 Å². The van der Waals surface area contributed by atoms with Gasteiger partial charge in [-0.15, -0.1) is 0 Å². The zero-order chi connectivity index (χ0) is 64.3. The molecule has 0 unspecified atom stereocenters. The molecule has 8 aromatic heterocycles. The lowest BCUT2D eigenvalue weighted by atomic mass is 10.1. The van der Waals surface area contributed by atoms with Crippen molar-refractivity contribution in [1.82, 2.24) is 39.9 Å². The zero-order valence-electron chi connectivity index (χ0n) is 49.2. The molecule has 0 radical (unpaired) electrons. The van der Waals surface area contributed by atoms with E-state index in [1.54, 1.807) is 60.8 Å². The van der Waals surface area contributed by atoms with Gasteiger partial charge < -0.3 is 106 Å². The fourth-order valence-corrected chi connectivity index (χ4v) is 9.53. The summed E-state index contributed by atoms with van der Waals surface area (Å²) in [6.07, 6.45) is 10.9. The summed E-state index contributed by atoms with van der Waals surface area (Å²) in [5.74, 6) is 0.913. The molecule has 16 aromatic rings. The minimum Gasteiger partial charge on any atom is -0.508 e. The molecule has 90 heavy (non-hydrogen) atoms. The number of aromatic amines is 8. The van der Waals surface area contributed by atoms with Crippen LogP contribution in [0.3, 0.4) is 0 Å². The van der Waals surface area contributed by atoms with E-state index in [1.807, 2.05) is 119 Å². The number of phenols is 12. The van der Waals surface area contributed by atoms with Gasteiger partial charge in [-0.2, -0.15) is 0 Å². The van der Waals surface area contributed by atoms with E-state index in [9.17, 15) is 25.5 Å². The van der Waals surface area contributed by atoms with E-state index < -0.39 is 0 Å². The Hall–Kier alpha value is -12.5. The number of aryl methyl sites for hydroxylation is 4. The summed E-state index contributed by atoms with van der Waals surface area (Å²) >= 11 is 0. The van der Waals surface area contributed by atoms with Crippen LogP contribution >= 0.6 is 0 Å². The summed E-state index contributed by atoms with van der Waals surface area (Å²) in [5, 5.41) is 118. The van der Waals surface area contributed by atoms with Crippen LogP contribution in [0.15, 0.2) is 189 Å². The summed E-state index contributed by atoms with van der Waals surface area (Å²) in [6.45, 7) is 7.80. The molecule has 460 valence electrons. The number of fused-ring (bicyclic) bond motifs is 8. The Morgan fingerprint density at radius 1 is 0.300 bits per heavy atom. The van der Waals surface area contributed by atoms with E-state index in [0.29, 0.717) is 23.0 Å². The summed E-state index contributed by atoms with van der Waals surface area (Å²) in [6, 6.07) is 43.0. The molecule has 8 aromatic carbocycles. The highest BCUT2D eigenvalue weighted by Crippen LogP contribution is 2.35. The predicted molar refractivity (Wildman–Crippen MR) is 352 cm³/mol. The van der Waals surface area contributed by atoms with Crippen molar-refractivity contribution < 1.29 is 66.0 Å². The molecule has 0 bridgehead atoms. The number of aromatic hydroxyl groups is 12. The van der Waals surface area contributed by atoms with Crippen LogP contribution in [0, 0.1) is 27.7 Å². The number of nitrogens with one attached hydrogen (secondary N) is 8. The number of aromatic nitrogens is 8. The van der Waals surface area contributed by atoms with Crippen molar-refractivity contribution >= 4 is 87.2 Å². The normalized spacial score (nSPS) is 10.6. The Morgan fingerprint density at radius 3 is 1.42 bits per heavy atom. The van der Waals surface area contributed by atoms with E-state index in [4.69, 9.17) is 40.5 Å². The molecule has 21 nitrogen and oxygen atoms in total. The summed E-state index contributed by atoms with van der Waals surface area (Å²) in [5.41, 5.74) is 11.5. The Kier molecular flexibility index (Phi) is 18.8. The van der Waals surface area contributed by atoms with Gasteiger partial charge >= 0.3 is 0 Å². The van der Waals surface area contributed by atoms with Gasteiger partial charge in [0.25, 0.3) is 0 Å². The molecule has 0 saturated heterocycles. The Bertz CT molecular complexity index is 4920. The first-order valence-corrected chi connectivity index (χ1v) is 27.7. The van der Waals surface area contributed by atoms with Gasteiger partial charge in [-0.25, -0.2) is 0 Å². The number of benzene rings is 8. The second kappa shape index (κ2) is 27.2. The SMILES string of the molecule is COc1cc2cc[nH]c2cc1O.Cc1[nH]c2cc(O)c(O)cc2c1C.Cc1c[nH]c2cc(O)c(O)cc12.Cc1cc2cc(O)c(O)cc2[nH]1.Oc1cc2cc[nH]c2cc1O.Oc1ccc2[nH]ccc2c1.Oc1ccc2cc[nH]c2c1.Oc1cccc2[nH]ccc12. The van der Waals surface area contributed by atoms with Gasteiger partial charge in [0, 0.05) is 167 Å². The van der Waals surface area contributed by atoms with Gasteiger partial charge in [-0.1, -0.05) is 6.07 Å². The van der Waals surface area contributed by atoms with Crippen molar-refractivity contribution in [3.8, 4) is 74.7 Å². The van der Waals surface area contributed by atoms with Gasteiger partial charge in [-0.3, -0.25) is 0 Å². The van der Waals surface area contributed by atoms with Crippen molar-refractivity contribution in [3.05, 3.63) is 211 Å².